The third-order valence-electron chi connectivity index (χ3n) is 7.15. The maximum atomic E-state index is 13.1. The van der Waals surface area contributed by atoms with Crippen LogP contribution in [-0.2, 0) is 22.4 Å². The quantitative estimate of drug-likeness (QED) is 0.217. The van der Waals surface area contributed by atoms with Gasteiger partial charge in [-0.3, -0.25) is 4.79 Å². The van der Waals surface area contributed by atoms with E-state index in [0.29, 0.717) is 12.8 Å². The monoisotopic (exact) mass is 571 g/mol. The van der Waals surface area contributed by atoms with Gasteiger partial charge in [-0.05, 0) is 57.1 Å². The molecule has 0 aromatic heterocycles. The number of ether oxygens (including phenoxy) is 1. The number of hydrogen-bond donors (Lipinski definition) is 6. The molecule has 0 aliphatic carbocycles. The number of amides is 2. The normalized spacial score (nSPS) is 16.5. The van der Waals surface area contributed by atoms with Gasteiger partial charge in [0.2, 0.25) is 0 Å². The predicted octanol–water partition coefficient (Wildman–Crippen LogP) is 2.96. The van der Waals surface area contributed by atoms with E-state index in [9.17, 15) is 24.9 Å². The van der Waals surface area contributed by atoms with E-state index >= 15 is 0 Å². The highest BCUT2D eigenvalue weighted by atomic mass is 16.6. The zero-order chi connectivity index (χ0) is 30.8. The number of carbonyl (C=O) groups is 2. The molecule has 0 radical (unpaired) electrons. The Bertz CT molecular complexity index is 1080. The van der Waals surface area contributed by atoms with E-state index in [1.165, 1.54) is 6.92 Å². The van der Waals surface area contributed by atoms with Crippen molar-refractivity contribution in [1.29, 1.82) is 0 Å². The summed E-state index contributed by atoms with van der Waals surface area (Å²) in [6.45, 7) is 12.2. The first kappa shape index (κ1) is 34.2. The Morgan fingerprint density at radius 1 is 0.732 bits per heavy atom. The lowest BCUT2D eigenvalue weighted by atomic mass is 9.77. The van der Waals surface area contributed by atoms with Crippen LogP contribution < -0.4 is 16.0 Å². The van der Waals surface area contributed by atoms with Gasteiger partial charge in [-0.15, -0.1) is 0 Å². The molecule has 228 valence electrons. The first-order chi connectivity index (χ1) is 19.0. The summed E-state index contributed by atoms with van der Waals surface area (Å²) in [5.74, 6) is -0.575. The Morgan fingerprint density at radius 3 is 1.54 bits per heavy atom. The van der Waals surface area contributed by atoms with Crippen molar-refractivity contribution in [2.45, 2.75) is 96.8 Å². The second-order valence-corrected chi connectivity index (χ2v) is 12.8. The van der Waals surface area contributed by atoms with E-state index in [4.69, 9.17) is 4.74 Å². The van der Waals surface area contributed by atoms with Crippen molar-refractivity contribution in [3.05, 3.63) is 71.8 Å². The Morgan fingerprint density at radius 2 is 1.15 bits per heavy atom. The van der Waals surface area contributed by atoms with Crippen molar-refractivity contribution in [3.63, 3.8) is 0 Å². The van der Waals surface area contributed by atoms with Gasteiger partial charge in [0.25, 0.3) is 5.91 Å². The zero-order valence-corrected chi connectivity index (χ0v) is 25.5. The third-order valence-corrected chi connectivity index (χ3v) is 7.15. The van der Waals surface area contributed by atoms with Gasteiger partial charge in [-0.2, -0.15) is 0 Å². The number of benzene rings is 2. The molecule has 0 saturated heterocycles. The summed E-state index contributed by atoms with van der Waals surface area (Å²) in [7, 11) is 0. The number of rotatable bonds is 13. The minimum atomic E-state index is -1.66. The summed E-state index contributed by atoms with van der Waals surface area (Å²) in [6.07, 6.45) is -1.95. The highest BCUT2D eigenvalue weighted by Crippen LogP contribution is 2.30. The number of aliphatic hydroxyl groups excluding tert-OH is 2. The first-order valence-electron chi connectivity index (χ1n) is 14.2. The maximum Gasteiger partial charge on any atom is 0.407 e. The molecule has 9 nitrogen and oxygen atoms in total. The van der Waals surface area contributed by atoms with Crippen LogP contribution in [-0.4, -0.2) is 75.9 Å². The molecule has 2 rings (SSSR count). The van der Waals surface area contributed by atoms with Crippen LogP contribution in [0.2, 0.25) is 0 Å². The second-order valence-electron chi connectivity index (χ2n) is 12.8. The van der Waals surface area contributed by atoms with E-state index in [-0.39, 0.29) is 13.1 Å². The Labute approximate surface area is 244 Å². The molecule has 0 bridgehead atoms. The fourth-order valence-electron chi connectivity index (χ4n) is 4.07. The van der Waals surface area contributed by atoms with Crippen molar-refractivity contribution in [3.8, 4) is 0 Å². The third kappa shape index (κ3) is 11.4. The molecule has 0 spiro atoms. The van der Waals surface area contributed by atoms with Gasteiger partial charge >= 0.3 is 6.09 Å². The number of alkyl carbamates (subject to hydrolysis) is 1. The van der Waals surface area contributed by atoms with Crippen molar-refractivity contribution in [2.24, 2.45) is 5.41 Å². The van der Waals surface area contributed by atoms with Crippen LogP contribution in [0.25, 0.3) is 0 Å². The molecule has 9 heteroatoms. The topological polar surface area (TPSA) is 140 Å². The standard InChI is InChI=1S/C32H49N3O6/c1-30(2,3)32(7,40)28(38)34-24(18-22-14-10-8-11-15-22)26(36)20-33-21-27(37)25(19-23-16-12-9-13-17-23)35-29(39)41-31(4,5)6/h8-17,24-27,33,36-37,40H,18-21H2,1-7H3,(H,34,38)(H,35,39)/t24-,25-,26?,27+,32+/m0/s1. The predicted molar refractivity (Wildman–Crippen MR) is 160 cm³/mol. The van der Waals surface area contributed by atoms with Crippen molar-refractivity contribution >= 4 is 12.0 Å². The lowest BCUT2D eigenvalue weighted by Gasteiger charge is -2.37. The van der Waals surface area contributed by atoms with Gasteiger partial charge < -0.3 is 36.0 Å². The van der Waals surface area contributed by atoms with Crippen molar-refractivity contribution in [1.82, 2.24) is 16.0 Å². The average molecular weight is 572 g/mol. The largest absolute Gasteiger partial charge is 0.444 e. The maximum absolute atomic E-state index is 13.1. The average Bonchev–Trinajstić information content (AvgIpc) is 2.87. The molecule has 0 aliphatic rings. The van der Waals surface area contributed by atoms with Crippen LogP contribution in [0.1, 0.15) is 59.6 Å². The summed E-state index contributed by atoms with van der Waals surface area (Å²) in [4.78, 5) is 25.6. The van der Waals surface area contributed by atoms with Gasteiger partial charge in [0, 0.05) is 13.1 Å². The Balaban J connectivity index is 2.09. The van der Waals surface area contributed by atoms with Crippen molar-refractivity contribution < 1.29 is 29.6 Å². The van der Waals surface area contributed by atoms with Crippen LogP contribution in [0.15, 0.2) is 60.7 Å². The number of aliphatic hydroxyl groups is 3. The summed E-state index contributed by atoms with van der Waals surface area (Å²) in [5.41, 5.74) is -1.23. The fourth-order valence-corrected chi connectivity index (χ4v) is 4.07. The van der Waals surface area contributed by atoms with Gasteiger partial charge in [0.05, 0.1) is 24.3 Å². The molecular formula is C32H49N3O6. The minimum Gasteiger partial charge on any atom is -0.444 e. The highest BCUT2D eigenvalue weighted by molar-refractivity contribution is 5.85. The smallest absolute Gasteiger partial charge is 0.407 e. The molecule has 6 N–H and O–H groups in total. The fraction of sp³-hybridized carbons (Fsp3) is 0.562. The van der Waals surface area contributed by atoms with Gasteiger partial charge in [-0.1, -0.05) is 81.4 Å². The molecule has 2 aromatic rings. The lowest BCUT2D eigenvalue weighted by molar-refractivity contribution is -0.150. The van der Waals surface area contributed by atoms with Crippen LogP contribution in [0.3, 0.4) is 0 Å². The van der Waals surface area contributed by atoms with Crippen LogP contribution in [0, 0.1) is 5.41 Å². The zero-order valence-electron chi connectivity index (χ0n) is 25.5. The van der Waals surface area contributed by atoms with Crippen molar-refractivity contribution in [2.75, 3.05) is 13.1 Å². The van der Waals surface area contributed by atoms with Gasteiger partial charge in [-0.25, -0.2) is 4.79 Å². The van der Waals surface area contributed by atoms with Crippen LogP contribution in [0.4, 0.5) is 4.79 Å². The molecule has 2 aromatic carbocycles. The molecule has 0 fully saturated rings. The van der Waals surface area contributed by atoms with E-state index in [1.807, 2.05) is 60.7 Å². The number of carbonyl (C=O) groups excluding carboxylic acids is 2. The number of nitrogens with one attached hydrogen (secondary N) is 3. The lowest BCUT2D eigenvalue weighted by Crippen LogP contribution is -2.59. The summed E-state index contributed by atoms with van der Waals surface area (Å²) >= 11 is 0. The summed E-state index contributed by atoms with van der Waals surface area (Å²) in [6, 6.07) is 17.6. The van der Waals surface area contributed by atoms with E-state index in [2.05, 4.69) is 16.0 Å². The molecule has 0 aliphatic heterocycles. The summed E-state index contributed by atoms with van der Waals surface area (Å²) in [5, 5.41) is 41.7. The van der Waals surface area contributed by atoms with Crippen LogP contribution in [0.5, 0.6) is 0 Å². The number of hydrogen-bond acceptors (Lipinski definition) is 7. The molecule has 0 saturated carbocycles. The molecule has 0 heterocycles. The van der Waals surface area contributed by atoms with Crippen LogP contribution >= 0.6 is 0 Å². The molecular weight excluding hydrogens is 522 g/mol. The Kier molecular flexibility index (Phi) is 12.3. The van der Waals surface area contributed by atoms with E-state index < -0.39 is 52.9 Å². The van der Waals surface area contributed by atoms with E-state index in [0.717, 1.165) is 11.1 Å². The molecule has 41 heavy (non-hydrogen) atoms. The SMILES string of the molecule is CC(C)(C)OC(=O)N[C@@H](Cc1ccccc1)[C@H](O)CNCC(O)[C@H](Cc1ccccc1)NC(=O)[C@@](C)(O)C(C)(C)C. The van der Waals surface area contributed by atoms with E-state index in [1.54, 1.807) is 41.5 Å². The van der Waals surface area contributed by atoms with Gasteiger partial charge in [0.1, 0.15) is 11.2 Å². The second kappa shape index (κ2) is 14.8. The Hall–Kier alpha value is -2.98. The van der Waals surface area contributed by atoms with Gasteiger partial charge in [0.15, 0.2) is 0 Å². The molecule has 5 atom stereocenters. The molecule has 2 amide bonds. The highest BCUT2D eigenvalue weighted by Gasteiger charge is 2.43. The molecule has 1 unspecified atom stereocenters. The minimum absolute atomic E-state index is 0.0526. The first-order valence-corrected chi connectivity index (χ1v) is 14.2. The summed E-state index contributed by atoms with van der Waals surface area (Å²) < 4.78 is 5.39.